The zero-order valence-electron chi connectivity index (χ0n) is 11.2. The van der Waals surface area contributed by atoms with Crippen LogP contribution in [-0.2, 0) is 9.84 Å². The fraction of sp³-hybridized carbons (Fsp3) is 0.571. The van der Waals surface area contributed by atoms with Crippen LogP contribution in [0.15, 0.2) is 24.3 Å². The summed E-state index contributed by atoms with van der Waals surface area (Å²) in [6, 6.07) is 8.50. The minimum Gasteiger partial charge on any atom is -0.304 e. The van der Waals surface area contributed by atoms with E-state index in [0.29, 0.717) is 12.2 Å². The Kier molecular flexibility index (Phi) is 3.52. The third-order valence-electron chi connectivity index (χ3n) is 3.61. The second-order valence-corrected chi connectivity index (χ2v) is 7.87. The van der Waals surface area contributed by atoms with E-state index >= 15 is 0 Å². The van der Waals surface area contributed by atoms with E-state index in [-0.39, 0.29) is 17.3 Å². The standard InChI is InChI=1S/C14H21NO2S/c1-11-5-4-6-13(9-11)12(2)15-14(3)7-8-18(16,17)10-14/h4-6,9,12,15H,7-8,10H2,1-3H3. The molecule has 0 radical (unpaired) electrons. The van der Waals surface area contributed by atoms with Crippen molar-refractivity contribution in [2.45, 2.75) is 38.8 Å². The molecule has 2 rings (SSSR count). The van der Waals surface area contributed by atoms with E-state index in [0.717, 1.165) is 0 Å². The van der Waals surface area contributed by atoms with E-state index in [1.54, 1.807) is 0 Å². The van der Waals surface area contributed by atoms with Crippen LogP contribution in [0.3, 0.4) is 0 Å². The topological polar surface area (TPSA) is 46.2 Å². The van der Waals surface area contributed by atoms with Gasteiger partial charge >= 0.3 is 0 Å². The van der Waals surface area contributed by atoms with Crippen LogP contribution in [0.25, 0.3) is 0 Å². The molecule has 0 aromatic heterocycles. The van der Waals surface area contributed by atoms with Gasteiger partial charge in [-0.25, -0.2) is 8.42 Å². The van der Waals surface area contributed by atoms with Gasteiger partial charge in [-0.2, -0.15) is 0 Å². The van der Waals surface area contributed by atoms with Gasteiger partial charge in [0.15, 0.2) is 9.84 Å². The summed E-state index contributed by atoms with van der Waals surface area (Å²) in [4.78, 5) is 0. The van der Waals surface area contributed by atoms with Crippen molar-refractivity contribution < 1.29 is 8.42 Å². The molecular formula is C14H21NO2S. The zero-order chi connectivity index (χ0) is 13.4. The van der Waals surface area contributed by atoms with Crippen molar-refractivity contribution in [3.63, 3.8) is 0 Å². The van der Waals surface area contributed by atoms with Gasteiger partial charge in [0.1, 0.15) is 0 Å². The summed E-state index contributed by atoms with van der Waals surface area (Å²) in [5.41, 5.74) is 2.15. The smallest absolute Gasteiger partial charge is 0.152 e. The Hall–Kier alpha value is -0.870. The monoisotopic (exact) mass is 267 g/mol. The molecule has 0 bridgehead atoms. The minimum atomic E-state index is -2.85. The molecule has 1 saturated heterocycles. The molecule has 0 spiro atoms. The van der Waals surface area contributed by atoms with E-state index in [2.05, 4.69) is 37.4 Å². The molecule has 1 N–H and O–H groups in total. The van der Waals surface area contributed by atoms with Crippen LogP contribution in [0.2, 0.25) is 0 Å². The zero-order valence-corrected chi connectivity index (χ0v) is 12.0. The molecule has 100 valence electrons. The molecule has 1 aliphatic rings. The van der Waals surface area contributed by atoms with Gasteiger partial charge in [0.05, 0.1) is 11.5 Å². The molecule has 1 aliphatic heterocycles. The Labute approximate surface area is 110 Å². The van der Waals surface area contributed by atoms with Crippen molar-refractivity contribution in [2.24, 2.45) is 0 Å². The predicted molar refractivity (Wildman–Crippen MR) is 74.4 cm³/mol. The molecule has 0 aliphatic carbocycles. The normalized spacial score (nSPS) is 28.2. The van der Waals surface area contributed by atoms with Crippen LogP contribution in [0.5, 0.6) is 0 Å². The summed E-state index contributed by atoms with van der Waals surface area (Å²) < 4.78 is 23.2. The summed E-state index contributed by atoms with van der Waals surface area (Å²) in [5.74, 6) is 0.549. The van der Waals surface area contributed by atoms with Crippen LogP contribution in [0, 0.1) is 6.92 Å². The lowest BCUT2D eigenvalue weighted by molar-refractivity contribution is 0.355. The summed E-state index contributed by atoms with van der Waals surface area (Å²) in [7, 11) is -2.85. The number of benzene rings is 1. The maximum atomic E-state index is 11.6. The number of aryl methyl sites for hydroxylation is 1. The molecule has 0 saturated carbocycles. The molecular weight excluding hydrogens is 246 g/mol. The quantitative estimate of drug-likeness (QED) is 0.913. The highest BCUT2D eigenvalue weighted by Crippen LogP contribution is 2.26. The number of hydrogen-bond donors (Lipinski definition) is 1. The first-order valence-electron chi connectivity index (χ1n) is 6.34. The molecule has 0 amide bonds. The average molecular weight is 267 g/mol. The summed E-state index contributed by atoms with van der Waals surface area (Å²) in [5, 5.41) is 3.48. The Morgan fingerprint density at radius 3 is 2.67 bits per heavy atom. The highest BCUT2D eigenvalue weighted by Gasteiger charge is 2.38. The van der Waals surface area contributed by atoms with Crippen LogP contribution in [-0.4, -0.2) is 25.5 Å². The van der Waals surface area contributed by atoms with Gasteiger partial charge in [-0.05, 0) is 32.8 Å². The van der Waals surface area contributed by atoms with Gasteiger partial charge in [0.25, 0.3) is 0 Å². The Bertz CT molecular complexity index is 538. The molecule has 1 heterocycles. The predicted octanol–water partition coefficient (Wildman–Crippen LogP) is 2.22. The largest absolute Gasteiger partial charge is 0.304 e. The molecule has 18 heavy (non-hydrogen) atoms. The highest BCUT2D eigenvalue weighted by atomic mass is 32.2. The molecule has 1 aromatic rings. The van der Waals surface area contributed by atoms with Gasteiger partial charge in [-0.1, -0.05) is 29.8 Å². The molecule has 4 heteroatoms. The summed E-state index contributed by atoms with van der Waals surface area (Å²) in [6.07, 6.45) is 0.700. The van der Waals surface area contributed by atoms with E-state index in [4.69, 9.17) is 0 Å². The fourth-order valence-electron chi connectivity index (χ4n) is 2.67. The van der Waals surface area contributed by atoms with E-state index < -0.39 is 9.84 Å². The third kappa shape index (κ3) is 3.12. The maximum Gasteiger partial charge on any atom is 0.152 e. The van der Waals surface area contributed by atoms with Crippen LogP contribution >= 0.6 is 0 Å². The highest BCUT2D eigenvalue weighted by molar-refractivity contribution is 7.91. The first kappa shape index (κ1) is 13.6. The van der Waals surface area contributed by atoms with Crippen molar-refractivity contribution in [1.82, 2.24) is 5.32 Å². The Balaban J connectivity index is 2.10. The lowest BCUT2D eigenvalue weighted by Gasteiger charge is -2.29. The molecule has 2 unspecified atom stereocenters. The number of hydrogen-bond acceptors (Lipinski definition) is 3. The number of nitrogens with one attached hydrogen (secondary N) is 1. The maximum absolute atomic E-state index is 11.6. The van der Waals surface area contributed by atoms with Crippen LogP contribution < -0.4 is 5.32 Å². The van der Waals surface area contributed by atoms with Gasteiger partial charge in [0.2, 0.25) is 0 Å². The van der Waals surface area contributed by atoms with E-state index in [1.807, 2.05) is 13.0 Å². The molecule has 2 atom stereocenters. The van der Waals surface area contributed by atoms with Crippen molar-refractivity contribution >= 4 is 9.84 Å². The first-order valence-corrected chi connectivity index (χ1v) is 8.17. The van der Waals surface area contributed by atoms with Gasteiger partial charge in [-0.3, -0.25) is 0 Å². The van der Waals surface area contributed by atoms with E-state index in [9.17, 15) is 8.42 Å². The minimum absolute atomic E-state index is 0.170. The van der Waals surface area contributed by atoms with Gasteiger partial charge in [-0.15, -0.1) is 0 Å². The Morgan fingerprint density at radius 1 is 1.39 bits per heavy atom. The van der Waals surface area contributed by atoms with Crippen LogP contribution in [0.1, 0.15) is 37.4 Å². The molecule has 1 fully saturated rings. The van der Waals surface area contributed by atoms with Crippen molar-refractivity contribution in [3.05, 3.63) is 35.4 Å². The molecule has 1 aromatic carbocycles. The number of rotatable bonds is 3. The van der Waals surface area contributed by atoms with Gasteiger partial charge < -0.3 is 5.32 Å². The Morgan fingerprint density at radius 2 is 2.11 bits per heavy atom. The summed E-state index contributed by atoms with van der Waals surface area (Å²) >= 11 is 0. The molecule has 3 nitrogen and oxygen atoms in total. The van der Waals surface area contributed by atoms with Crippen LogP contribution in [0.4, 0.5) is 0 Å². The van der Waals surface area contributed by atoms with Crippen molar-refractivity contribution in [2.75, 3.05) is 11.5 Å². The lowest BCUT2D eigenvalue weighted by atomic mass is 9.98. The van der Waals surface area contributed by atoms with Crippen molar-refractivity contribution in [1.29, 1.82) is 0 Å². The summed E-state index contributed by atoms with van der Waals surface area (Å²) in [6.45, 7) is 6.16. The second kappa shape index (κ2) is 4.67. The van der Waals surface area contributed by atoms with Gasteiger partial charge in [0, 0.05) is 11.6 Å². The first-order chi connectivity index (χ1) is 8.30. The van der Waals surface area contributed by atoms with Crippen molar-refractivity contribution in [3.8, 4) is 0 Å². The lowest BCUT2D eigenvalue weighted by Crippen LogP contribution is -2.44. The fourth-order valence-corrected chi connectivity index (χ4v) is 4.77. The second-order valence-electron chi connectivity index (χ2n) is 5.68. The van der Waals surface area contributed by atoms with E-state index in [1.165, 1.54) is 11.1 Å². The average Bonchev–Trinajstić information content (AvgIpc) is 2.52. The number of sulfone groups is 1. The SMILES string of the molecule is Cc1cccc(C(C)NC2(C)CCS(=O)(=O)C2)c1. The third-order valence-corrected chi connectivity index (χ3v) is 5.51.